The van der Waals surface area contributed by atoms with Crippen LogP contribution in [0.15, 0.2) is 24.4 Å². The van der Waals surface area contributed by atoms with Gasteiger partial charge >= 0.3 is 0 Å². The van der Waals surface area contributed by atoms with Gasteiger partial charge in [-0.25, -0.2) is 9.97 Å². The Morgan fingerprint density at radius 3 is 2.26 bits per heavy atom. The van der Waals surface area contributed by atoms with E-state index >= 15 is 0 Å². The van der Waals surface area contributed by atoms with Gasteiger partial charge in [0.05, 0.1) is 5.02 Å². The Kier molecular flexibility index (Phi) is 5.31. The molecular weight excluding hydrogens is 362 g/mol. The van der Waals surface area contributed by atoms with Crippen molar-refractivity contribution >= 4 is 29.2 Å². The molecule has 4 heterocycles. The Hall–Kier alpha value is -2.12. The zero-order chi connectivity index (χ0) is 18.8. The smallest absolute Gasteiger partial charge is 0.227 e. The summed E-state index contributed by atoms with van der Waals surface area (Å²) in [5.74, 6) is 2.73. The van der Waals surface area contributed by atoms with Crippen LogP contribution in [0.25, 0.3) is 0 Å². The number of rotatable bonds is 3. The fourth-order valence-corrected chi connectivity index (χ4v) is 3.84. The predicted octanol–water partition coefficient (Wildman–Crippen LogP) is 1.91. The van der Waals surface area contributed by atoms with Crippen LogP contribution in [0, 0.1) is 6.92 Å². The Morgan fingerprint density at radius 2 is 1.56 bits per heavy atom. The summed E-state index contributed by atoms with van der Waals surface area (Å²) in [4.78, 5) is 23.2. The van der Waals surface area contributed by atoms with E-state index in [2.05, 4.69) is 44.6 Å². The molecule has 2 aliphatic rings. The van der Waals surface area contributed by atoms with Crippen LogP contribution in [0.5, 0.6) is 0 Å². The van der Waals surface area contributed by atoms with Crippen LogP contribution in [-0.4, -0.2) is 79.3 Å². The molecule has 2 saturated heterocycles. The Balaban J connectivity index is 1.46. The number of piperazine rings is 2. The summed E-state index contributed by atoms with van der Waals surface area (Å²) in [6, 6.07) is 5.85. The first kappa shape index (κ1) is 18.3. The van der Waals surface area contributed by atoms with E-state index in [0.29, 0.717) is 5.02 Å². The zero-order valence-corrected chi connectivity index (χ0v) is 16.7. The van der Waals surface area contributed by atoms with E-state index in [9.17, 15) is 0 Å². The van der Waals surface area contributed by atoms with Gasteiger partial charge < -0.3 is 19.6 Å². The number of likely N-dealkylation sites (N-methyl/N-ethyl adjacent to an activating group) is 1. The SMILES string of the molecule is Cc1cc(N2CCN(C)CC2)nc(N2CCN(c3ncccc3Cl)CC2)n1. The molecular formula is C19H26ClN7. The van der Waals surface area contributed by atoms with Gasteiger partial charge in [0.15, 0.2) is 0 Å². The minimum atomic E-state index is 0.704. The summed E-state index contributed by atoms with van der Waals surface area (Å²) in [6.07, 6.45) is 1.79. The van der Waals surface area contributed by atoms with Crippen LogP contribution >= 0.6 is 11.6 Å². The third-order valence-electron chi connectivity index (χ3n) is 5.26. The van der Waals surface area contributed by atoms with Crippen LogP contribution in [0.4, 0.5) is 17.6 Å². The molecule has 0 bridgehead atoms. The summed E-state index contributed by atoms with van der Waals surface area (Å²) in [6.45, 7) is 9.65. The predicted molar refractivity (Wildman–Crippen MR) is 110 cm³/mol. The highest BCUT2D eigenvalue weighted by Gasteiger charge is 2.23. The van der Waals surface area contributed by atoms with Gasteiger partial charge in [0.1, 0.15) is 11.6 Å². The Labute approximate surface area is 165 Å². The fourth-order valence-electron chi connectivity index (χ4n) is 3.60. The minimum Gasteiger partial charge on any atom is -0.354 e. The second-order valence-electron chi connectivity index (χ2n) is 7.24. The highest BCUT2D eigenvalue weighted by molar-refractivity contribution is 6.32. The van der Waals surface area contributed by atoms with Crippen molar-refractivity contribution in [3.63, 3.8) is 0 Å². The molecule has 4 rings (SSSR count). The van der Waals surface area contributed by atoms with Crippen LogP contribution in [0.3, 0.4) is 0 Å². The number of nitrogens with zero attached hydrogens (tertiary/aromatic N) is 7. The molecule has 0 radical (unpaired) electrons. The number of aryl methyl sites for hydroxylation is 1. The highest BCUT2D eigenvalue weighted by Crippen LogP contribution is 2.25. The molecule has 27 heavy (non-hydrogen) atoms. The topological polar surface area (TPSA) is 51.6 Å². The van der Waals surface area contributed by atoms with Gasteiger partial charge in [0.2, 0.25) is 5.95 Å². The first-order valence-corrected chi connectivity index (χ1v) is 9.87. The summed E-state index contributed by atoms with van der Waals surface area (Å²) >= 11 is 6.30. The quantitative estimate of drug-likeness (QED) is 0.797. The molecule has 0 amide bonds. The summed E-state index contributed by atoms with van der Waals surface area (Å²) < 4.78 is 0. The molecule has 0 unspecified atom stereocenters. The molecule has 0 atom stereocenters. The number of hydrogen-bond acceptors (Lipinski definition) is 7. The third-order valence-corrected chi connectivity index (χ3v) is 5.55. The van der Waals surface area contributed by atoms with Gasteiger partial charge in [-0.15, -0.1) is 0 Å². The first-order valence-electron chi connectivity index (χ1n) is 9.50. The standard InChI is InChI=1S/C19H26ClN7/c1-15-14-17(25-8-6-24(2)7-9-25)23-19(22-15)27-12-10-26(11-13-27)18-16(20)4-3-5-21-18/h3-5,14H,6-13H2,1-2H3. The molecule has 2 aromatic heterocycles. The number of hydrogen-bond donors (Lipinski definition) is 0. The van der Waals surface area contributed by atoms with Crippen molar-refractivity contribution in [3.05, 3.63) is 35.1 Å². The van der Waals surface area contributed by atoms with Crippen molar-refractivity contribution in [2.75, 3.05) is 74.1 Å². The lowest BCUT2D eigenvalue weighted by Gasteiger charge is -2.37. The van der Waals surface area contributed by atoms with E-state index in [1.54, 1.807) is 6.20 Å². The molecule has 2 fully saturated rings. The first-order chi connectivity index (χ1) is 13.1. The largest absolute Gasteiger partial charge is 0.354 e. The lowest BCUT2D eigenvalue weighted by molar-refractivity contribution is 0.312. The lowest BCUT2D eigenvalue weighted by Crippen LogP contribution is -2.48. The van der Waals surface area contributed by atoms with Gasteiger partial charge in [-0.2, -0.15) is 4.98 Å². The maximum Gasteiger partial charge on any atom is 0.227 e. The third kappa shape index (κ3) is 4.09. The van der Waals surface area contributed by atoms with E-state index < -0.39 is 0 Å². The fraction of sp³-hybridized carbons (Fsp3) is 0.526. The maximum absolute atomic E-state index is 6.30. The van der Waals surface area contributed by atoms with Crippen molar-refractivity contribution < 1.29 is 0 Å². The molecule has 144 valence electrons. The number of anilines is 3. The average molecular weight is 388 g/mol. The molecule has 2 aliphatic heterocycles. The minimum absolute atomic E-state index is 0.704. The maximum atomic E-state index is 6.30. The molecule has 0 spiro atoms. The van der Waals surface area contributed by atoms with E-state index in [4.69, 9.17) is 21.6 Å². The Morgan fingerprint density at radius 1 is 0.889 bits per heavy atom. The van der Waals surface area contributed by atoms with Gasteiger partial charge in [-0.3, -0.25) is 0 Å². The molecule has 8 heteroatoms. The number of pyridine rings is 1. The summed E-state index contributed by atoms with van der Waals surface area (Å²) in [5.41, 5.74) is 1.02. The summed E-state index contributed by atoms with van der Waals surface area (Å²) in [7, 11) is 2.17. The molecule has 0 N–H and O–H groups in total. The zero-order valence-electron chi connectivity index (χ0n) is 16.0. The Bertz CT molecular complexity index is 783. The van der Waals surface area contributed by atoms with E-state index in [0.717, 1.165) is 75.6 Å². The van der Waals surface area contributed by atoms with Crippen molar-refractivity contribution in [3.8, 4) is 0 Å². The van der Waals surface area contributed by atoms with Crippen LogP contribution in [0.1, 0.15) is 5.69 Å². The van der Waals surface area contributed by atoms with Gasteiger partial charge in [-0.1, -0.05) is 11.6 Å². The van der Waals surface area contributed by atoms with E-state index in [1.165, 1.54) is 0 Å². The average Bonchev–Trinajstić information content (AvgIpc) is 2.69. The number of aromatic nitrogens is 3. The van der Waals surface area contributed by atoms with Crippen molar-refractivity contribution in [1.29, 1.82) is 0 Å². The van der Waals surface area contributed by atoms with Crippen molar-refractivity contribution in [2.24, 2.45) is 0 Å². The van der Waals surface area contributed by atoms with Crippen molar-refractivity contribution in [2.45, 2.75) is 6.92 Å². The second kappa shape index (κ2) is 7.86. The van der Waals surface area contributed by atoms with E-state index in [-0.39, 0.29) is 0 Å². The van der Waals surface area contributed by atoms with Gasteiger partial charge in [0.25, 0.3) is 0 Å². The molecule has 0 saturated carbocycles. The van der Waals surface area contributed by atoms with Gasteiger partial charge in [-0.05, 0) is 26.1 Å². The molecule has 2 aromatic rings. The monoisotopic (exact) mass is 387 g/mol. The van der Waals surface area contributed by atoms with Crippen molar-refractivity contribution in [1.82, 2.24) is 19.9 Å². The van der Waals surface area contributed by atoms with E-state index in [1.807, 2.05) is 12.1 Å². The van der Waals surface area contributed by atoms with Crippen LogP contribution in [-0.2, 0) is 0 Å². The lowest BCUT2D eigenvalue weighted by atomic mass is 10.3. The summed E-state index contributed by atoms with van der Waals surface area (Å²) in [5, 5.41) is 0.704. The molecule has 0 aliphatic carbocycles. The molecule has 0 aromatic carbocycles. The second-order valence-corrected chi connectivity index (χ2v) is 7.65. The van der Waals surface area contributed by atoms with Crippen LogP contribution in [0.2, 0.25) is 5.02 Å². The number of halogens is 1. The van der Waals surface area contributed by atoms with Gasteiger partial charge in [0, 0.05) is 70.3 Å². The molecule has 7 nitrogen and oxygen atoms in total. The normalized spacial score (nSPS) is 18.9. The van der Waals surface area contributed by atoms with Crippen LogP contribution < -0.4 is 14.7 Å². The highest BCUT2D eigenvalue weighted by atomic mass is 35.5.